The van der Waals surface area contributed by atoms with Gasteiger partial charge in [-0.25, -0.2) is 15.8 Å². The van der Waals surface area contributed by atoms with Crippen LogP contribution in [0.4, 0.5) is 5.82 Å². The Labute approximate surface area is 129 Å². The molecule has 3 N–H and O–H groups in total. The monoisotopic (exact) mass is 314 g/mol. The number of thioether (sulfide) groups is 1. The van der Waals surface area contributed by atoms with E-state index in [1.54, 1.807) is 6.07 Å². The summed E-state index contributed by atoms with van der Waals surface area (Å²) in [6.07, 6.45) is 0. The number of anilines is 1. The van der Waals surface area contributed by atoms with Crippen LogP contribution in [0.15, 0.2) is 11.1 Å². The van der Waals surface area contributed by atoms with Crippen LogP contribution in [-0.2, 0) is 20.9 Å². The van der Waals surface area contributed by atoms with Crippen LogP contribution in [0.25, 0.3) is 0 Å². The van der Waals surface area contributed by atoms with Crippen molar-refractivity contribution >= 4 is 23.5 Å². The van der Waals surface area contributed by atoms with Gasteiger partial charge in [0.1, 0.15) is 23.1 Å². The highest BCUT2D eigenvalue weighted by molar-refractivity contribution is 7.99. The normalized spacial score (nSPS) is 11.3. The summed E-state index contributed by atoms with van der Waals surface area (Å²) < 4.78 is 10.5. The lowest BCUT2D eigenvalue weighted by Gasteiger charge is -2.19. The summed E-state index contributed by atoms with van der Waals surface area (Å²) in [6.45, 7) is 8.25. The van der Waals surface area contributed by atoms with E-state index in [2.05, 4.69) is 15.4 Å². The predicted molar refractivity (Wildman–Crippen MR) is 81.7 cm³/mol. The topological polar surface area (TPSA) is 99.4 Å². The first kappa shape index (κ1) is 17.7. The molecule has 1 aromatic heterocycles. The van der Waals surface area contributed by atoms with Crippen LogP contribution in [0.3, 0.4) is 0 Å². The Morgan fingerprint density at radius 3 is 2.71 bits per heavy atom. The van der Waals surface area contributed by atoms with E-state index in [0.717, 1.165) is 0 Å². The Morgan fingerprint density at radius 2 is 2.14 bits per heavy atom. The van der Waals surface area contributed by atoms with E-state index >= 15 is 0 Å². The van der Waals surface area contributed by atoms with Crippen molar-refractivity contribution in [2.24, 2.45) is 5.84 Å². The number of nitrogens with two attached hydrogens (primary N) is 1. The number of nitrogens with zero attached hydrogens (tertiary/aromatic N) is 2. The maximum atomic E-state index is 11.7. The lowest BCUT2D eigenvalue weighted by atomic mass is 10.2. The fraction of sp³-hybridized carbons (Fsp3) is 0.615. The molecule has 0 atom stereocenters. The number of nitrogens with one attached hydrogen (secondary N) is 1. The SMILES string of the molecule is CCOCc1nc(NN)cc(SCC(=O)OC(C)(C)C)n1. The van der Waals surface area contributed by atoms with Gasteiger partial charge in [0.25, 0.3) is 0 Å². The van der Waals surface area contributed by atoms with Gasteiger partial charge in [0.05, 0.1) is 5.75 Å². The summed E-state index contributed by atoms with van der Waals surface area (Å²) in [5, 5.41) is 0.638. The number of ether oxygens (including phenoxy) is 2. The maximum Gasteiger partial charge on any atom is 0.316 e. The summed E-state index contributed by atoms with van der Waals surface area (Å²) >= 11 is 1.27. The first-order valence-electron chi connectivity index (χ1n) is 6.61. The molecule has 8 heteroatoms. The van der Waals surface area contributed by atoms with Crippen molar-refractivity contribution in [3.05, 3.63) is 11.9 Å². The quantitative estimate of drug-likeness (QED) is 0.258. The largest absolute Gasteiger partial charge is 0.459 e. The fourth-order valence-electron chi connectivity index (χ4n) is 1.38. The molecule has 0 unspecified atom stereocenters. The minimum atomic E-state index is -0.493. The van der Waals surface area contributed by atoms with Crippen molar-refractivity contribution in [3.63, 3.8) is 0 Å². The van der Waals surface area contributed by atoms with Gasteiger partial charge in [0, 0.05) is 12.7 Å². The van der Waals surface area contributed by atoms with Crippen molar-refractivity contribution in [2.45, 2.75) is 44.9 Å². The molecule has 1 heterocycles. The summed E-state index contributed by atoms with van der Waals surface area (Å²) in [4.78, 5) is 20.2. The number of hydrogen-bond donors (Lipinski definition) is 2. The second kappa shape index (κ2) is 8.16. The van der Waals surface area contributed by atoms with E-state index in [0.29, 0.717) is 29.9 Å². The minimum absolute atomic E-state index is 0.173. The number of carbonyl (C=O) groups is 1. The van der Waals surface area contributed by atoms with E-state index in [4.69, 9.17) is 15.3 Å². The molecule has 0 aliphatic heterocycles. The van der Waals surface area contributed by atoms with Crippen LogP contribution >= 0.6 is 11.8 Å². The summed E-state index contributed by atoms with van der Waals surface area (Å²) in [6, 6.07) is 1.67. The fourth-order valence-corrected chi connectivity index (χ4v) is 2.07. The molecule has 0 amide bonds. The molecule has 0 aliphatic carbocycles. The highest BCUT2D eigenvalue weighted by Crippen LogP contribution is 2.20. The number of esters is 1. The van der Waals surface area contributed by atoms with Crippen LogP contribution in [0.2, 0.25) is 0 Å². The van der Waals surface area contributed by atoms with Crippen molar-refractivity contribution in [1.29, 1.82) is 0 Å². The molecule has 0 aromatic carbocycles. The average Bonchev–Trinajstić information content (AvgIpc) is 2.41. The van der Waals surface area contributed by atoms with Crippen LogP contribution in [0.5, 0.6) is 0 Å². The highest BCUT2D eigenvalue weighted by atomic mass is 32.2. The zero-order chi connectivity index (χ0) is 15.9. The Morgan fingerprint density at radius 1 is 1.43 bits per heavy atom. The average molecular weight is 314 g/mol. The number of nitrogen functional groups attached to an aromatic ring is 1. The molecule has 1 aromatic rings. The molecule has 7 nitrogen and oxygen atoms in total. The van der Waals surface area contributed by atoms with Gasteiger partial charge in [-0.1, -0.05) is 11.8 Å². The van der Waals surface area contributed by atoms with E-state index in [-0.39, 0.29) is 11.7 Å². The van der Waals surface area contributed by atoms with Gasteiger partial charge in [0.15, 0.2) is 5.82 Å². The highest BCUT2D eigenvalue weighted by Gasteiger charge is 2.16. The van der Waals surface area contributed by atoms with E-state index in [1.165, 1.54) is 11.8 Å². The molecule has 0 spiro atoms. The van der Waals surface area contributed by atoms with Crippen LogP contribution in [0.1, 0.15) is 33.5 Å². The first-order chi connectivity index (χ1) is 9.84. The van der Waals surface area contributed by atoms with E-state index in [9.17, 15) is 4.79 Å². The Kier molecular flexibility index (Phi) is 6.86. The van der Waals surface area contributed by atoms with Gasteiger partial charge in [-0.3, -0.25) is 4.79 Å². The molecule has 0 saturated heterocycles. The molecule has 21 heavy (non-hydrogen) atoms. The van der Waals surface area contributed by atoms with Gasteiger partial charge in [-0.05, 0) is 27.7 Å². The zero-order valence-electron chi connectivity index (χ0n) is 12.8. The molecule has 0 bridgehead atoms. The number of hydrazine groups is 1. The van der Waals surface area contributed by atoms with Crippen molar-refractivity contribution < 1.29 is 14.3 Å². The predicted octanol–water partition coefficient (Wildman–Crippen LogP) is 1.73. The Hall–Kier alpha value is -1.38. The van der Waals surface area contributed by atoms with E-state index in [1.807, 2.05) is 27.7 Å². The molecular weight excluding hydrogens is 292 g/mol. The Balaban J connectivity index is 2.67. The second-order valence-corrected chi connectivity index (χ2v) is 6.16. The van der Waals surface area contributed by atoms with Gasteiger partial charge in [-0.2, -0.15) is 0 Å². The minimum Gasteiger partial charge on any atom is -0.459 e. The second-order valence-electron chi connectivity index (χ2n) is 5.16. The third-order valence-corrected chi connectivity index (χ3v) is 2.97. The molecule has 1 rings (SSSR count). The van der Waals surface area contributed by atoms with Crippen LogP contribution < -0.4 is 11.3 Å². The summed E-state index contributed by atoms with van der Waals surface area (Å²) in [5.74, 6) is 6.25. The smallest absolute Gasteiger partial charge is 0.316 e. The molecule has 0 fully saturated rings. The number of rotatable bonds is 7. The van der Waals surface area contributed by atoms with Gasteiger partial charge >= 0.3 is 5.97 Å². The number of aromatic nitrogens is 2. The number of carbonyl (C=O) groups excluding carboxylic acids is 1. The maximum absolute atomic E-state index is 11.7. The first-order valence-corrected chi connectivity index (χ1v) is 7.59. The third kappa shape index (κ3) is 7.26. The zero-order valence-corrected chi connectivity index (χ0v) is 13.6. The van der Waals surface area contributed by atoms with Crippen molar-refractivity contribution in [2.75, 3.05) is 17.8 Å². The summed E-state index contributed by atoms with van der Waals surface area (Å²) in [5.41, 5.74) is 1.98. The standard InChI is InChI=1S/C13H22N4O3S/c1-5-19-7-10-15-9(17-14)6-11(16-10)21-8-12(18)20-13(2,3)4/h6H,5,7-8,14H2,1-4H3,(H,15,16,17). The summed E-state index contributed by atoms with van der Waals surface area (Å²) in [7, 11) is 0. The molecule has 0 radical (unpaired) electrons. The Bertz CT molecular complexity index is 477. The molecule has 0 aliphatic rings. The lowest BCUT2D eigenvalue weighted by molar-refractivity contribution is -0.151. The van der Waals surface area contributed by atoms with Crippen molar-refractivity contribution in [1.82, 2.24) is 9.97 Å². The lowest BCUT2D eigenvalue weighted by Crippen LogP contribution is -2.25. The van der Waals surface area contributed by atoms with Gasteiger partial charge in [0.2, 0.25) is 0 Å². The van der Waals surface area contributed by atoms with Crippen LogP contribution in [0, 0.1) is 0 Å². The van der Waals surface area contributed by atoms with E-state index < -0.39 is 5.60 Å². The molecule has 118 valence electrons. The van der Waals surface area contributed by atoms with Crippen molar-refractivity contribution in [3.8, 4) is 0 Å². The van der Waals surface area contributed by atoms with Gasteiger partial charge < -0.3 is 14.9 Å². The molecular formula is C13H22N4O3S. The third-order valence-electron chi connectivity index (χ3n) is 2.09. The van der Waals surface area contributed by atoms with Gasteiger partial charge in [-0.15, -0.1) is 0 Å². The van der Waals surface area contributed by atoms with Crippen LogP contribution in [-0.4, -0.2) is 33.9 Å². The molecule has 0 saturated carbocycles. The number of hydrogen-bond acceptors (Lipinski definition) is 8.